The lowest BCUT2D eigenvalue weighted by molar-refractivity contribution is 0.0235. The van der Waals surface area contributed by atoms with Gasteiger partial charge in [0.1, 0.15) is 18.5 Å². The van der Waals surface area contributed by atoms with Crippen molar-refractivity contribution in [3.05, 3.63) is 30.4 Å². The van der Waals surface area contributed by atoms with Crippen LogP contribution < -0.4 is 0 Å². The van der Waals surface area contributed by atoms with Crippen LogP contribution in [0.1, 0.15) is 18.7 Å². The number of aliphatic hydroxyl groups is 1. The van der Waals surface area contributed by atoms with Gasteiger partial charge in [-0.05, 0) is 6.92 Å². The van der Waals surface area contributed by atoms with Crippen LogP contribution in [-0.2, 0) is 9.47 Å². The fraction of sp³-hybridized carbons (Fsp3) is 0.455. The molecular formula is C11H14N2O4. The van der Waals surface area contributed by atoms with Crippen molar-refractivity contribution in [2.24, 2.45) is 0 Å². The van der Waals surface area contributed by atoms with E-state index in [1.165, 1.54) is 10.9 Å². The molecule has 1 aromatic rings. The highest BCUT2D eigenvalue weighted by molar-refractivity contribution is 5.70. The van der Waals surface area contributed by atoms with E-state index in [-0.39, 0.29) is 18.8 Å². The number of carbonyl (C=O) groups excluding carboxylic acids is 1. The molecule has 2 atom stereocenters. The molecule has 0 aromatic carbocycles. The summed E-state index contributed by atoms with van der Waals surface area (Å²) >= 11 is 0. The molecular weight excluding hydrogens is 224 g/mol. The van der Waals surface area contributed by atoms with Gasteiger partial charge < -0.3 is 14.6 Å². The molecule has 1 aliphatic heterocycles. The zero-order valence-corrected chi connectivity index (χ0v) is 9.44. The summed E-state index contributed by atoms with van der Waals surface area (Å²) in [6.45, 7) is 1.99. The lowest BCUT2D eigenvalue weighted by atomic mass is 10.3. The first kappa shape index (κ1) is 11.8. The normalized spacial score (nSPS) is 22.9. The fourth-order valence-electron chi connectivity index (χ4n) is 1.56. The van der Waals surface area contributed by atoms with Gasteiger partial charge in [0.15, 0.2) is 0 Å². The summed E-state index contributed by atoms with van der Waals surface area (Å²) in [5.41, 5.74) is 0.616. The van der Waals surface area contributed by atoms with Crippen LogP contribution in [-0.4, -0.2) is 40.1 Å². The Morgan fingerprint density at radius 3 is 3.12 bits per heavy atom. The molecule has 0 radical (unpaired) electrons. The summed E-state index contributed by atoms with van der Waals surface area (Å²) in [6, 6.07) is 0. The van der Waals surface area contributed by atoms with E-state index in [0.717, 1.165) is 0 Å². The minimum Gasteiger partial charge on any atom is -0.449 e. The maximum atomic E-state index is 11.4. The van der Waals surface area contributed by atoms with Crippen molar-refractivity contribution in [3.63, 3.8) is 0 Å². The molecule has 2 heterocycles. The van der Waals surface area contributed by atoms with Crippen molar-refractivity contribution in [1.29, 1.82) is 0 Å². The van der Waals surface area contributed by atoms with Crippen LogP contribution in [0.15, 0.2) is 24.7 Å². The number of imidazole rings is 1. The van der Waals surface area contributed by atoms with Crippen LogP contribution in [0.3, 0.4) is 0 Å². The molecule has 1 N–H and O–H groups in total. The molecule has 6 nitrogen and oxygen atoms in total. The summed E-state index contributed by atoms with van der Waals surface area (Å²) in [5, 5.41) is 8.92. The third-order valence-corrected chi connectivity index (χ3v) is 2.37. The number of carbonyl (C=O) groups is 1. The molecule has 0 unspecified atom stereocenters. The van der Waals surface area contributed by atoms with E-state index in [1.807, 2.05) is 0 Å². The van der Waals surface area contributed by atoms with Gasteiger partial charge in [-0.2, -0.15) is 0 Å². The molecule has 0 spiro atoms. The first-order valence-electron chi connectivity index (χ1n) is 5.40. The van der Waals surface area contributed by atoms with E-state index >= 15 is 0 Å². The van der Waals surface area contributed by atoms with Gasteiger partial charge in [0.2, 0.25) is 0 Å². The second kappa shape index (κ2) is 5.11. The van der Waals surface area contributed by atoms with E-state index in [0.29, 0.717) is 12.3 Å². The Morgan fingerprint density at radius 2 is 2.47 bits per heavy atom. The van der Waals surface area contributed by atoms with Crippen LogP contribution in [0.2, 0.25) is 0 Å². The summed E-state index contributed by atoms with van der Waals surface area (Å²) in [7, 11) is 0. The van der Waals surface area contributed by atoms with Gasteiger partial charge in [-0.3, -0.25) is 0 Å². The highest BCUT2D eigenvalue weighted by Gasteiger charge is 2.22. The van der Waals surface area contributed by atoms with Gasteiger partial charge in [0.05, 0.1) is 18.9 Å². The second-order valence-electron chi connectivity index (χ2n) is 3.57. The summed E-state index contributed by atoms with van der Waals surface area (Å²) < 4.78 is 11.6. The van der Waals surface area contributed by atoms with Crippen LogP contribution >= 0.6 is 0 Å². The fourth-order valence-corrected chi connectivity index (χ4v) is 1.56. The third-order valence-electron chi connectivity index (χ3n) is 2.37. The minimum atomic E-state index is -0.466. The average molecular weight is 238 g/mol. The van der Waals surface area contributed by atoms with E-state index in [9.17, 15) is 4.79 Å². The highest BCUT2D eigenvalue weighted by Crippen LogP contribution is 2.24. The lowest BCUT2D eigenvalue weighted by Crippen LogP contribution is -2.12. The van der Waals surface area contributed by atoms with Crippen LogP contribution in [0.4, 0.5) is 4.79 Å². The van der Waals surface area contributed by atoms with Crippen molar-refractivity contribution >= 4 is 6.09 Å². The molecule has 0 saturated heterocycles. The first-order chi connectivity index (χ1) is 8.24. The standard InChI is InChI=1S/C11H14N2O4/c1-2-16-11(15)13-5-9(12-7-13)10-4-3-8(6-14)17-10/h3-5,7-8,10,14H,2,6H2,1H3/t8-,10+/m0/s1. The molecule has 17 heavy (non-hydrogen) atoms. The van der Waals surface area contributed by atoms with Crippen LogP contribution in [0, 0.1) is 0 Å². The summed E-state index contributed by atoms with van der Waals surface area (Å²) in [5.74, 6) is 0. The second-order valence-corrected chi connectivity index (χ2v) is 3.57. The number of aliphatic hydroxyl groups excluding tert-OH is 1. The minimum absolute atomic E-state index is 0.0639. The van der Waals surface area contributed by atoms with Crippen molar-refractivity contribution in [3.8, 4) is 0 Å². The molecule has 2 rings (SSSR count). The quantitative estimate of drug-likeness (QED) is 0.791. The Kier molecular flexibility index (Phi) is 3.55. The predicted molar refractivity (Wildman–Crippen MR) is 58.5 cm³/mol. The monoisotopic (exact) mass is 238 g/mol. The average Bonchev–Trinajstić information content (AvgIpc) is 2.98. The van der Waals surface area contributed by atoms with Crippen LogP contribution in [0.25, 0.3) is 0 Å². The number of ether oxygens (including phenoxy) is 2. The van der Waals surface area contributed by atoms with Gasteiger partial charge in [-0.15, -0.1) is 0 Å². The van der Waals surface area contributed by atoms with Crippen molar-refractivity contribution in [2.45, 2.75) is 19.1 Å². The van der Waals surface area contributed by atoms with E-state index in [4.69, 9.17) is 14.6 Å². The Labute approximate surface area is 98.5 Å². The zero-order valence-electron chi connectivity index (χ0n) is 9.44. The number of hydrogen-bond donors (Lipinski definition) is 1. The molecule has 1 aromatic heterocycles. The first-order valence-corrected chi connectivity index (χ1v) is 5.40. The topological polar surface area (TPSA) is 73.6 Å². The summed E-state index contributed by atoms with van der Waals surface area (Å²) in [4.78, 5) is 15.5. The molecule has 0 bridgehead atoms. The lowest BCUT2D eigenvalue weighted by Gasteiger charge is -2.09. The molecule has 0 saturated carbocycles. The van der Waals surface area contributed by atoms with Gasteiger partial charge in [0, 0.05) is 6.20 Å². The van der Waals surface area contributed by atoms with Gasteiger partial charge in [0.25, 0.3) is 0 Å². The molecule has 0 amide bonds. The molecule has 92 valence electrons. The smallest absolute Gasteiger partial charge is 0.419 e. The molecule has 6 heteroatoms. The number of rotatable bonds is 3. The van der Waals surface area contributed by atoms with Gasteiger partial charge in [-0.25, -0.2) is 14.3 Å². The molecule has 1 aliphatic rings. The van der Waals surface area contributed by atoms with Crippen molar-refractivity contribution < 1.29 is 19.4 Å². The van der Waals surface area contributed by atoms with Crippen LogP contribution in [0.5, 0.6) is 0 Å². The highest BCUT2D eigenvalue weighted by atomic mass is 16.5. The van der Waals surface area contributed by atoms with Gasteiger partial charge in [-0.1, -0.05) is 12.2 Å². The van der Waals surface area contributed by atoms with Crippen molar-refractivity contribution in [1.82, 2.24) is 9.55 Å². The van der Waals surface area contributed by atoms with E-state index in [2.05, 4.69) is 4.98 Å². The number of aromatic nitrogens is 2. The molecule has 0 aliphatic carbocycles. The maximum Gasteiger partial charge on any atom is 0.419 e. The SMILES string of the molecule is CCOC(=O)n1cnc([C@H]2C=C[C@@H](CO)O2)c1. The largest absolute Gasteiger partial charge is 0.449 e. The van der Waals surface area contributed by atoms with Gasteiger partial charge >= 0.3 is 6.09 Å². The number of hydrogen-bond acceptors (Lipinski definition) is 5. The Hall–Kier alpha value is -1.66. The number of nitrogens with zero attached hydrogens (tertiary/aromatic N) is 2. The van der Waals surface area contributed by atoms with E-state index in [1.54, 1.807) is 25.3 Å². The third kappa shape index (κ3) is 2.54. The Morgan fingerprint density at radius 1 is 1.65 bits per heavy atom. The maximum absolute atomic E-state index is 11.4. The Balaban J connectivity index is 2.04. The summed E-state index contributed by atoms with van der Waals surface area (Å²) in [6.07, 6.45) is 5.44. The van der Waals surface area contributed by atoms with Crippen molar-refractivity contribution in [2.75, 3.05) is 13.2 Å². The molecule has 0 fully saturated rings. The zero-order chi connectivity index (χ0) is 12.3. The van der Waals surface area contributed by atoms with E-state index < -0.39 is 6.09 Å². The predicted octanol–water partition coefficient (Wildman–Crippen LogP) is 0.876. The Bertz CT molecular complexity index is 427.